The van der Waals surface area contributed by atoms with Gasteiger partial charge in [0.15, 0.2) is 11.5 Å². The third-order valence-corrected chi connectivity index (χ3v) is 5.13. The minimum atomic E-state index is -0.153. The molecule has 0 bridgehead atoms. The van der Waals surface area contributed by atoms with Crippen LogP contribution in [-0.4, -0.2) is 53.2 Å². The number of para-hydroxylation sites is 1. The normalized spacial score (nSPS) is 17.9. The highest BCUT2D eigenvalue weighted by molar-refractivity contribution is 5.98. The standard InChI is InChI=1S/C21H21N5O3/c27-20(15-3-1-5-18-19(15)29-12-11-28-18)24-14-7-10-26(13-14)21-23-9-6-17(25-21)16-4-2-8-22-16/h1-6,8-9,14,22H,7,10-13H2,(H,24,27). The number of hydrogen-bond donors (Lipinski definition) is 2. The number of hydrogen-bond acceptors (Lipinski definition) is 6. The number of benzene rings is 1. The van der Waals surface area contributed by atoms with Crippen molar-refractivity contribution < 1.29 is 14.3 Å². The number of rotatable bonds is 4. The summed E-state index contributed by atoms with van der Waals surface area (Å²) in [5.74, 6) is 1.66. The summed E-state index contributed by atoms with van der Waals surface area (Å²) in [6.45, 7) is 2.39. The van der Waals surface area contributed by atoms with E-state index in [0.717, 1.165) is 24.4 Å². The molecule has 1 unspecified atom stereocenters. The zero-order chi connectivity index (χ0) is 19.6. The van der Waals surface area contributed by atoms with Crippen LogP contribution in [0.25, 0.3) is 11.4 Å². The molecule has 2 aliphatic rings. The predicted molar refractivity (Wildman–Crippen MR) is 107 cm³/mol. The Morgan fingerprint density at radius 3 is 3.00 bits per heavy atom. The maximum atomic E-state index is 12.8. The Hall–Kier alpha value is -3.55. The largest absolute Gasteiger partial charge is 0.486 e. The molecular formula is C21H21N5O3. The first-order valence-corrected chi connectivity index (χ1v) is 9.69. The molecule has 0 spiro atoms. The molecule has 0 saturated carbocycles. The third-order valence-electron chi connectivity index (χ3n) is 5.13. The van der Waals surface area contributed by atoms with Gasteiger partial charge in [0.25, 0.3) is 5.91 Å². The van der Waals surface area contributed by atoms with Crippen LogP contribution in [0.3, 0.4) is 0 Å². The van der Waals surface area contributed by atoms with Gasteiger partial charge < -0.3 is 24.7 Å². The van der Waals surface area contributed by atoms with Crippen molar-refractivity contribution in [1.29, 1.82) is 0 Å². The molecule has 8 heteroatoms. The minimum Gasteiger partial charge on any atom is -0.486 e. The SMILES string of the molecule is O=C(NC1CCN(c2nccc(-c3ccc[nH]3)n2)C1)c1cccc2c1OCCO2. The van der Waals surface area contributed by atoms with Crippen molar-refractivity contribution in [2.75, 3.05) is 31.2 Å². The summed E-state index contributed by atoms with van der Waals surface area (Å²) in [6, 6.07) is 11.2. The molecule has 0 aliphatic carbocycles. The lowest BCUT2D eigenvalue weighted by molar-refractivity contribution is 0.0929. The van der Waals surface area contributed by atoms with E-state index < -0.39 is 0 Å². The number of aromatic amines is 1. The van der Waals surface area contributed by atoms with E-state index in [4.69, 9.17) is 9.47 Å². The summed E-state index contributed by atoms with van der Waals surface area (Å²) in [7, 11) is 0. The van der Waals surface area contributed by atoms with Crippen LogP contribution in [0.15, 0.2) is 48.8 Å². The summed E-state index contributed by atoms with van der Waals surface area (Å²) in [4.78, 5) is 27.2. The van der Waals surface area contributed by atoms with Crippen LogP contribution < -0.4 is 19.7 Å². The van der Waals surface area contributed by atoms with Crippen molar-refractivity contribution in [3.05, 3.63) is 54.4 Å². The lowest BCUT2D eigenvalue weighted by Gasteiger charge is -2.21. The fourth-order valence-electron chi connectivity index (χ4n) is 3.72. The van der Waals surface area contributed by atoms with Gasteiger partial charge in [0, 0.05) is 31.5 Å². The van der Waals surface area contributed by atoms with Gasteiger partial charge in [0.2, 0.25) is 5.95 Å². The number of fused-ring (bicyclic) bond motifs is 1. The molecule has 29 heavy (non-hydrogen) atoms. The second-order valence-corrected chi connectivity index (χ2v) is 7.06. The Morgan fingerprint density at radius 2 is 2.10 bits per heavy atom. The summed E-state index contributed by atoms with van der Waals surface area (Å²) in [6.07, 6.45) is 4.46. The number of amides is 1. The average molecular weight is 391 g/mol. The van der Waals surface area contributed by atoms with Crippen molar-refractivity contribution in [2.24, 2.45) is 0 Å². The highest BCUT2D eigenvalue weighted by Crippen LogP contribution is 2.33. The number of aromatic nitrogens is 3. The smallest absolute Gasteiger partial charge is 0.255 e. The highest BCUT2D eigenvalue weighted by Gasteiger charge is 2.28. The topological polar surface area (TPSA) is 92.4 Å². The fraction of sp³-hybridized carbons (Fsp3) is 0.286. The Balaban J connectivity index is 1.27. The Morgan fingerprint density at radius 1 is 1.17 bits per heavy atom. The zero-order valence-electron chi connectivity index (χ0n) is 15.8. The van der Waals surface area contributed by atoms with E-state index in [0.29, 0.717) is 42.8 Å². The van der Waals surface area contributed by atoms with E-state index in [9.17, 15) is 4.79 Å². The molecule has 4 heterocycles. The number of H-pyrrole nitrogens is 1. The number of carbonyl (C=O) groups is 1. The first kappa shape index (κ1) is 17.5. The Labute approximate surface area is 167 Å². The van der Waals surface area contributed by atoms with Gasteiger partial charge in [0.05, 0.1) is 17.0 Å². The second kappa shape index (κ2) is 7.46. The molecule has 2 N–H and O–H groups in total. The van der Waals surface area contributed by atoms with Crippen LogP contribution in [-0.2, 0) is 0 Å². The van der Waals surface area contributed by atoms with Crippen molar-refractivity contribution in [2.45, 2.75) is 12.5 Å². The average Bonchev–Trinajstić information content (AvgIpc) is 3.46. The number of ether oxygens (including phenoxy) is 2. The predicted octanol–water partition coefficient (Wildman–Crippen LogP) is 2.25. The molecule has 2 aliphatic heterocycles. The lowest BCUT2D eigenvalue weighted by Crippen LogP contribution is -2.37. The van der Waals surface area contributed by atoms with Gasteiger partial charge in [-0.2, -0.15) is 0 Å². The van der Waals surface area contributed by atoms with Crippen LogP contribution in [0.5, 0.6) is 11.5 Å². The van der Waals surface area contributed by atoms with Crippen LogP contribution >= 0.6 is 0 Å². The van der Waals surface area contributed by atoms with Crippen molar-refractivity contribution in [1.82, 2.24) is 20.3 Å². The molecule has 0 radical (unpaired) electrons. The zero-order valence-corrected chi connectivity index (χ0v) is 15.8. The van der Waals surface area contributed by atoms with Gasteiger partial charge in [-0.1, -0.05) is 6.07 Å². The van der Waals surface area contributed by atoms with Gasteiger partial charge in [-0.3, -0.25) is 4.79 Å². The summed E-state index contributed by atoms with van der Waals surface area (Å²) in [5, 5.41) is 3.11. The monoisotopic (exact) mass is 391 g/mol. The molecule has 2 aromatic heterocycles. The lowest BCUT2D eigenvalue weighted by atomic mass is 10.1. The van der Waals surface area contributed by atoms with Gasteiger partial charge >= 0.3 is 0 Å². The van der Waals surface area contributed by atoms with Crippen LogP contribution in [0.2, 0.25) is 0 Å². The molecule has 5 rings (SSSR count). The maximum Gasteiger partial charge on any atom is 0.255 e. The van der Waals surface area contributed by atoms with E-state index >= 15 is 0 Å². The van der Waals surface area contributed by atoms with E-state index in [1.807, 2.05) is 36.5 Å². The van der Waals surface area contributed by atoms with Gasteiger partial charge in [-0.15, -0.1) is 0 Å². The summed E-state index contributed by atoms with van der Waals surface area (Å²) in [5.41, 5.74) is 2.31. The number of anilines is 1. The first-order valence-electron chi connectivity index (χ1n) is 9.69. The molecule has 1 amide bonds. The quantitative estimate of drug-likeness (QED) is 0.709. The van der Waals surface area contributed by atoms with Crippen LogP contribution in [0.4, 0.5) is 5.95 Å². The third kappa shape index (κ3) is 3.49. The van der Waals surface area contributed by atoms with Crippen molar-refractivity contribution in [3.63, 3.8) is 0 Å². The summed E-state index contributed by atoms with van der Waals surface area (Å²) < 4.78 is 11.2. The molecule has 1 saturated heterocycles. The molecular weight excluding hydrogens is 370 g/mol. The molecule has 148 valence electrons. The fourth-order valence-corrected chi connectivity index (χ4v) is 3.72. The van der Waals surface area contributed by atoms with Crippen LogP contribution in [0.1, 0.15) is 16.8 Å². The number of nitrogens with zero attached hydrogens (tertiary/aromatic N) is 3. The van der Waals surface area contributed by atoms with E-state index in [1.165, 1.54) is 0 Å². The maximum absolute atomic E-state index is 12.8. The molecule has 3 aromatic rings. The summed E-state index contributed by atoms with van der Waals surface area (Å²) >= 11 is 0. The van der Waals surface area contributed by atoms with E-state index in [1.54, 1.807) is 12.3 Å². The first-order chi connectivity index (χ1) is 14.3. The Kier molecular flexibility index (Phi) is 4.51. The van der Waals surface area contributed by atoms with Crippen molar-refractivity contribution in [3.8, 4) is 22.9 Å². The molecule has 8 nitrogen and oxygen atoms in total. The van der Waals surface area contributed by atoms with Gasteiger partial charge in [-0.05, 0) is 36.8 Å². The number of carbonyl (C=O) groups excluding carboxylic acids is 1. The Bertz CT molecular complexity index is 1020. The van der Waals surface area contributed by atoms with E-state index in [-0.39, 0.29) is 11.9 Å². The van der Waals surface area contributed by atoms with Crippen molar-refractivity contribution >= 4 is 11.9 Å². The minimum absolute atomic E-state index is 0.0145. The van der Waals surface area contributed by atoms with Gasteiger partial charge in [-0.25, -0.2) is 9.97 Å². The molecule has 1 fully saturated rings. The van der Waals surface area contributed by atoms with Gasteiger partial charge in [0.1, 0.15) is 13.2 Å². The second-order valence-electron chi connectivity index (χ2n) is 7.06. The number of nitrogens with one attached hydrogen (secondary N) is 2. The van der Waals surface area contributed by atoms with E-state index in [2.05, 4.69) is 25.2 Å². The molecule has 1 atom stereocenters. The van der Waals surface area contributed by atoms with Crippen LogP contribution in [0, 0.1) is 0 Å². The molecule has 1 aromatic carbocycles. The highest BCUT2D eigenvalue weighted by atomic mass is 16.6.